The summed E-state index contributed by atoms with van der Waals surface area (Å²) in [4.78, 5) is 9.77. The molecule has 0 amide bonds. The van der Waals surface area contributed by atoms with E-state index in [0.29, 0.717) is 24.5 Å². The van der Waals surface area contributed by atoms with Crippen molar-refractivity contribution in [2.24, 2.45) is 10.9 Å². The van der Waals surface area contributed by atoms with E-state index in [1.807, 2.05) is 0 Å². The van der Waals surface area contributed by atoms with Crippen LogP contribution in [0.4, 0.5) is 5.69 Å². The number of likely N-dealkylation sites (tertiary alicyclic amines) is 1. The number of hydrogen-bond donors (Lipinski definition) is 2. The first kappa shape index (κ1) is 23.0. The van der Waals surface area contributed by atoms with Gasteiger partial charge >= 0.3 is 0 Å². The number of benzene rings is 1. The number of guanidine groups is 1. The summed E-state index contributed by atoms with van der Waals surface area (Å²) in [6.45, 7) is 14.8. The topological polar surface area (TPSA) is 42.9 Å². The molecule has 2 aliphatic heterocycles. The van der Waals surface area contributed by atoms with Gasteiger partial charge in [0.1, 0.15) is 0 Å². The van der Waals surface area contributed by atoms with E-state index < -0.39 is 0 Å². The molecule has 0 spiro atoms. The smallest absolute Gasteiger partial charge is 0.191 e. The highest BCUT2D eigenvalue weighted by molar-refractivity contribution is 14.0. The SMILES string of the molecule is CCNC(=NCc1cccc(N2CC=CC2)c1)NC1CN(C(C)C)CC1C.I. The molecule has 2 unspecified atom stereocenters. The molecule has 1 fully saturated rings. The van der Waals surface area contributed by atoms with Crippen LogP contribution in [0.2, 0.25) is 0 Å². The second kappa shape index (κ2) is 11.0. The van der Waals surface area contributed by atoms with Crippen molar-refractivity contribution in [3.63, 3.8) is 0 Å². The minimum atomic E-state index is 0. The van der Waals surface area contributed by atoms with Crippen molar-refractivity contribution >= 4 is 35.6 Å². The normalized spacial score (nSPS) is 22.6. The molecule has 2 heterocycles. The van der Waals surface area contributed by atoms with E-state index in [1.165, 1.54) is 11.3 Å². The molecule has 2 N–H and O–H groups in total. The van der Waals surface area contributed by atoms with Crippen LogP contribution < -0.4 is 15.5 Å². The van der Waals surface area contributed by atoms with Crippen LogP contribution in [-0.2, 0) is 6.54 Å². The maximum Gasteiger partial charge on any atom is 0.191 e. The molecule has 5 nitrogen and oxygen atoms in total. The molecule has 6 heteroatoms. The van der Waals surface area contributed by atoms with Gasteiger partial charge in [-0.25, -0.2) is 4.99 Å². The number of anilines is 1. The van der Waals surface area contributed by atoms with E-state index in [9.17, 15) is 0 Å². The Bertz CT molecular complexity index is 665. The molecule has 0 aromatic heterocycles. The molecule has 1 aromatic carbocycles. The summed E-state index contributed by atoms with van der Waals surface area (Å²) >= 11 is 0. The number of aliphatic imine (C=N–C) groups is 1. The zero-order chi connectivity index (χ0) is 19.2. The molecule has 3 rings (SSSR count). The fourth-order valence-corrected chi connectivity index (χ4v) is 3.82. The quantitative estimate of drug-likeness (QED) is 0.274. The van der Waals surface area contributed by atoms with Gasteiger partial charge in [0.2, 0.25) is 0 Å². The van der Waals surface area contributed by atoms with Gasteiger partial charge in [0, 0.05) is 50.5 Å². The Balaban J connectivity index is 0.00000280. The van der Waals surface area contributed by atoms with Gasteiger partial charge in [-0.1, -0.05) is 31.2 Å². The van der Waals surface area contributed by atoms with Crippen molar-refractivity contribution in [1.82, 2.24) is 15.5 Å². The third-order valence-electron chi connectivity index (χ3n) is 5.55. The lowest BCUT2D eigenvalue weighted by molar-refractivity contribution is 0.265. The van der Waals surface area contributed by atoms with Gasteiger partial charge in [-0.05, 0) is 44.4 Å². The zero-order valence-corrected chi connectivity index (χ0v) is 20.0. The fraction of sp³-hybridized carbons (Fsp3) is 0.591. The Labute approximate surface area is 187 Å². The first-order valence-corrected chi connectivity index (χ1v) is 10.3. The molecular formula is C22H36IN5. The summed E-state index contributed by atoms with van der Waals surface area (Å²) in [5.41, 5.74) is 2.53. The number of nitrogens with zero attached hydrogens (tertiary/aromatic N) is 3. The Kier molecular flexibility index (Phi) is 9.08. The van der Waals surface area contributed by atoms with E-state index in [-0.39, 0.29) is 24.0 Å². The largest absolute Gasteiger partial charge is 0.364 e. The van der Waals surface area contributed by atoms with Crippen LogP contribution in [0.5, 0.6) is 0 Å². The zero-order valence-electron chi connectivity index (χ0n) is 17.7. The van der Waals surface area contributed by atoms with Crippen molar-refractivity contribution in [2.75, 3.05) is 37.6 Å². The Hall–Kier alpha value is -1.28. The van der Waals surface area contributed by atoms with E-state index in [1.54, 1.807) is 0 Å². The number of rotatable bonds is 6. The molecule has 0 aliphatic carbocycles. The van der Waals surface area contributed by atoms with Crippen LogP contribution in [0.15, 0.2) is 41.4 Å². The number of nitrogens with one attached hydrogen (secondary N) is 2. The van der Waals surface area contributed by atoms with Gasteiger partial charge < -0.3 is 15.5 Å². The third kappa shape index (κ3) is 6.11. The summed E-state index contributed by atoms with van der Waals surface area (Å²) in [7, 11) is 0. The van der Waals surface area contributed by atoms with Crippen molar-refractivity contribution in [3.8, 4) is 0 Å². The monoisotopic (exact) mass is 497 g/mol. The lowest BCUT2D eigenvalue weighted by Crippen LogP contribution is -2.46. The first-order valence-electron chi connectivity index (χ1n) is 10.3. The average Bonchev–Trinajstić information content (AvgIpc) is 3.31. The number of halogens is 1. The maximum absolute atomic E-state index is 4.86. The summed E-state index contributed by atoms with van der Waals surface area (Å²) < 4.78 is 0. The van der Waals surface area contributed by atoms with Gasteiger partial charge in [0.15, 0.2) is 5.96 Å². The molecule has 2 atom stereocenters. The molecule has 0 bridgehead atoms. The standard InChI is InChI=1S/C22H35N5.HI/c1-5-23-22(25-21-16-27(17(2)3)15-18(21)4)24-14-19-9-8-10-20(13-19)26-11-6-7-12-26;/h6-10,13,17-18,21H,5,11-12,14-16H2,1-4H3,(H2,23,24,25);1H. The highest BCUT2D eigenvalue weighted by Gasteiger charge is 2.31. The summed E-state index contributed by atoms with van der Waals surface area (Å²) in [5.74, 6) is 1.55. The highest BCUT2D eigenvalue weighted by Crippen LogP contribution is 2.20. The van der Waals surface area contributed by atoms with Crippen molar-refractivity contribution in [1.29, 1.82) is 0 Å². The molecule has 28 heavy (non-hydrogen) atoms. The van der Waals surface area contributed by atoms with Gasteiger partial charge in [-0.3, -0.25) is 4.90 Å². The van der Waals surface area contributed by atoms with Crippen LogP contribution in [0.25, 0.3) is 0 Å². The van der Waals surface area contributed by atoms with Gasteiger partial charge in [-0.15, -0.1) is 24.0 Å². The average molecular weight is 497 g/mol. The summed E-state index contributed by atoms with van der Waals surface area (Å²) in [6, 6.07) is 9.80. The summed E-state index contributed by atoms with van der Waals surface area (Å²) in [6.07, 6.45) is 4.45. The highest BCUT2D eigenvalue weighted by atomic mass is 127. The molecule has 0 saturated carbocycles. The first-order chi connectivity index (χ1) is 13.1. The molecule has 1 aromatic rings. The predicted molar refractivity (Wildman–Crippen MR) is 131 cm³/mol. The van der Waals surface area contributed by atoms with Crippen LogP contribution in [-0.4, -0.2) is 55.7 Å². The van der Waals surface area contributed by atoms with Crippen molar-refractivity contribution in [3.05, 3.63) is 42.0 Å². The van der Waals surface area contributed by atoms with E-state index >= 15 is 0 Å². The van der Waals surface area contributed by atoms with Gasteiger partial charge in [0.25, 0.3) is 0 Å². The van der Waals surface area contributed by atoms with E-state index in [0.717, 1.165) is 38.7 Å². The number of hydrogen-bond acceptors (Lipinski definition) is 3. The van der Waals surface area contributed by atoms with Gasteiger partial charge in [-0.2, -0.15) is 0 Å². The van der Waals surface area contributed by atoms with E-state index in [4.69, 9.17) is 4.99 Å². The Morgan fingerprint density at radius 2 is 1.96 bits per heavy atom. The van der Waals surface area contributed by atoms with Crippen LogP contribution >= 0.6 is 24.0 Å². The Morgan fingerprint density at radius 1 is 1.21 bits per heavy atom. The lowest BCUT2D eigenvalue weighted by Gasteiger charge is -2.22. The predicted octanol–water partition coefficient (Wildman–Crippen LogP) is 3.46. The molecule has 1 saturated heterocycles. The molecule has 2 aliphatic rings. The maximum atomic E-state index is 4.86. The second-order valence-electron chi connectivity index (χ2n) is 8.02. The lowest BCUT2D eigenvalue weighted by atomic mass is 10.1. The third-order valence-corrected chi connectivity index (χ3v) is 5.55. The van der Waals surface area contributed by atoms with Gasteiger partial charge in [0.05, 0.1) is 6.54 Å². The van der Waals surface area contributed by atoms with Crippen molar-refractivity contribution in [2.45, 2.75) is 46.3 Å². The van der Waals surface area contributed by atoms with Crippen LogP contribution in [0, 0.1) is 5.92 Å². The molecule has 0 radical (unpaired) electrons. The minimum Gasteiger partial charge on any atom is -0.364 e. The summed E-state index contributed by atoms with van der Waals surface area (Å²) in [5, 5.41) is 7.08. The second-order valence-corrected chi connectivity index (χ2v) is 8.02. The Morgan fingerprint density at radius 3 is 2.61 bits per heavy atom. The minimum absolute atomic E-state index is 0. The van der Waals surface area contributed by atoms with Crippen molar-refractivity contribution < 1.29 is 0 Å². The van der Waals surface area contributed by atoms with E-state index in [2.05, 4.69) is 84.5 Å². The molecular weight excluding hydrogens is 461 g/mol. The van der Waals surface area contributed by atoms with Crippen LogP contribution in [0.3, 0.4) is 0 Å². The van der Waals surface area contributed by atoms with Crippen LogP contribution in [0.1, 0.15) is 33.3 Å². The molecule has 156 valence electrons. The fourth-order valence-electron chi connectivity index (χ4n) is 3.82.